The van der Waals surface area contributed by atoms with E-state index in [0.29, 0.717) is 36.7 Å². The van der Waals surface area contributed by atoms with Gasteiger partial charge in [-0.15, -0.1) is 0 Å². The van der Waals surface area contributed by atoms with Crippen LogP contribution in [0.25, 0.3) is 0 Å². The topological polar surface area (TPSA) is 98.8 Å². The molecule has 0 radical (unpaired) electrons. The summed E-state index contributed by atoms with van der Waals surface area (Å²) in [6, 6.07) is 5.17. The molecule has 0 aromatic carbocycles. The van der Waals surface area contributed by atoms with Crippen molar-refractivity contribution in [3.8, 4) is 0 Å². The highest BCUT2D eigenvalue weighted by molar-refractivity contribution is 5.93. The van der Waals surface area contributed by atoms with Gasteiger partial charge >= 0.3 is 0 Å². The van der Waals surface area contributed by atoms with Gasteiger partial charge < -0.3 is 4.90 Å². The van der Waals surface area contributed by atoms with Crippen LogP contribution in [0.1, 0.15) is 34.5 Å². The number of carbonyl (C=O) groups excluding carboxylic acids is 1. The Morgan fingerprint density at radius 1 is 1.22 bits per heavy atom. The van der Waals surface area contributed by atoms with Crippen LogP contribution in [-0.4, -0.2) is 46.7 Å². The molecular formula is C18H19N7O2. The molecule has 3 aromatic rings. The van der Waals surface area contributed by atoms with E-state index in [0.717, 1.165) is 12.1 Å². The minimum Gasteiger partial charge on any atom is -0.329 e. The van der Waals surface area contributed by atoms with Gasteiger partial charge in [-0.25, -0.2) is 14.6 Å². The number of amides is 1. The molecule has 0 aliphatic carbocycles. The quantitative estimate of drug-likeness (QED) is 0.667. The molecular weight excluding hydrogens is 346 g/mol. The Balaban J connectivity index is 1.56. The maximum atomic E-state index is 12.8. The SMILES string of the molecule is CCc1ccc(C(=O)N2CCn3c(nc(Cn4cncn4)cc3=O)C2)cn1. The second kappa shape index (κ2) is 7.10. The predicted octanol–water partition coefficient (Wildman–Crippen LogP) is 0.496. The Bertz CT molecular complexity index is 1010. The molecule has 138 valence electrons. The molecule has 3 aromatic heterocycles. The van der Waals surface area contributed by atoms with Crippen molar-refractivity contribution in [2.45, 2.75) is 33.0 Å². The van der Waals surface area contributed by atoms with Gasteiger partial charge in [0.15, 0.2) is 0 Å². The van der Waals surface area contributed by atoms with Crippen molar-refractivity contribution >= 4 is 5.91 Å². The minimum absolute atomic E-state index is 0.104. The third-order valence-corrected chi connectivity index (χ3v) is 4.58. The van der Waals surface area contributed by atoms with E-state index in [9.17, 15) is 9.59 Å². The lowest BCUT2D eigenvalue weighted by molar-refractivity contribution is 0.0703. The first-order valence-corrected chi connectivity index (χ1v) is 8.80. The van der Waals surface area contributed by atoms with Crippen molar-refractivity contribution in [3.63, 3.8) is 0 Å². The van der Waals surface area contributed by atoms with Gasteiger partial charge in [-0.2, -0.15) is 5.10 Å². The Morgan fingerprint density at radius 3 is 2.81 bits per heavy atom. The molecule has 0 spiro atoms. The third kappa shape index (κ3) is 3.48. The standard InChI is InChI=1S/C18H19N7O2/c1-2-14-4-3-13(8-20-14)18(27)23-5-6-25-16(10-23)22-15(7-17(25)26)9-24-12-19-11-21-24/h3-4,7-8,11-12H,2,5-6,9-10H2,1H3. The average molecular weight is 365 g/mol. The molecule has 0 fully saturated rings. The zero-order valence-corrected chi connectivity index (χ0v) is 14.9. The van der Waals surface area contributed by atoms with Crippen LogP contribution in [0.2, 0.25) is 0 Å². The fourth-order valence-electron chi connectivity index (χ4n) is 3.11. The Labute approximate surface area is 155 Å². The van der Waals surface area contributed by atoms with Crippen molar-refractivity contribution in [2.24, 2.45) is 0 Å². The Morgan fingerprint density at radius 2 is 2.11 bits per heavy atom. The van der Waals surface area contributed by atoms with Gasteiger partial charge in [-0.05, 0) is 18.6 Å². The number of hydrogen-bond acceptors (Lipinski definition) is 6. The first-order chi connectivity index (χ1) is 13.1. The number of fused-ring (bicyclic) bond motifs is 1. The molecule has 27 heavy (non-hydrogen) atoms. The lowest BCUT2D eigenvalue weighted by Gasteiger charge is -2.29. The smallest absolute Gasteiger partial charge is 0.255 e. The number of nitrogens with zero attached hydrogens (tertiary/aromatic N) is 7. The van der Waals surface area contributed by atoms with E-state index in [-0.39, 0.29) is 18.0 Å². The molecule has 0 bridgehead atoms. The molecule has 1 aliphatic rings. The summed E-state index contributed by atoms with van der Waals surface area (Å²) in [6.07, 6.45) is 5.44. The second-order valence-corrected chi connectivity index (χ2v) is 6.37. The number of aryl methyl sites for hydroxylation is 1. The van der Waals surface area contributed by atoms with E-state index < -0.39 is 0 Å². The van der Waals surface area contributed by atoms with E-state index >= 15 is 0 Å². The normalized spacial score (nSPS) is 13.4. The first kappa shape index (κ1) is 17.1. The van der Waals surface area contributed by atoms with Gasteiger partial charge in [0.1, 0.15) is 18.5 Å². The molecule has 0 N–H and O–H groups in total. The van der Waals surface area contributed by atoms with E-state index in [1.54, 1.807) is 32.7 Å². The zero-order valence-electron chi connectivity index (χ0n) is 14.9. The Kier molecular flexibility index (Phi) is 4.49. The molecule has 4 rings (SSSR count). The largest absolute Gasteiger partial charge is 0.329 e. The van der Waals surface area contributed by atoms with Crippen molar-refractivity contribution in [1.29, 1.82) is 0 Å². The van der Waals surface area contributed by atoms with Crippen molar-refractivity contribution in [2.75, 3.05) is 6.54 Å². The van der Waals surface area contributed by atoms with Crippen molar-refractivity contribution in [3.05, 3.63) is 70.2 Å². The number of aromatic nitrogens is 6. The van der Waals surface area contributed by atoms with Gasteiger partial charge in [0.25, 0.3) is 11.5 Å². The van der Waals surface area contributed by atoms with Crippen LogP contribution in [-0.2, 0) is 26.1 Å². The molecule has 0 saturated heterocycles. The minimum atomic E-state index is -0.115. The fraction of sp³-hybridized carbons (Fsp3) is 0.333. The number of rotatable bonds is 4. The Hall–Kier alpha value is -3.36. The summed E-state index contributed by atoms with van der Waals surface area (Å²) in [6.45, 7) is 3.56. The maximum absolute atomic E-state index is 12.8. The van der Waals surface area contributed by atoms with E-state index in [4.69, 9.17) is 0 Å². The summed E-state index contributed by atoms with van der Waals surface area (Å²) in [7, 11) is 0. The highest BCUT2D eigenvalue weighted by Crippen LogP contribution is 2.13. The van der Waals surface area contributed by atoms with E-state index in [1.807, 2.05) is 13.0 Å². The molecule has 1 aliphatic heterocycles. The molecule has 9 nitrogen and oxygen atoms in total. The van der Waals surface area contributed by atoms with Crippen molar-refractivity contribution < 1.29 is 4.79 Å². The van der Waals surface area contributed by atoms with Gasteiger partial charge in [0, 0.05) is 31.0 Å². The second-order valence-electron chi connectivity index (χ2n) is 6.37. The summed E-state index contributed by atoms with van der Waals surface area (Å²) in [5, 5.41) is 4.04. The predicted molar refractivity (Wildman–Crippen MR) is 96.0 cm³/mol. The van der Waals surface area contributed by atoms with Crippen LogP contribution in [0.4, 0.5) is 0 Å². The van der Waals surface area contributed by atoms with Gasteiger partial charge in [0.05, 0.1) is 24.3 Å². The highest BCUT2D eigenvalue weighted by Gasteiger charge is 2.24. The number of pyridine rings is 1. The first-order valence-electron chi connectivity index (χ1n) is 8.80. The lowest BCUT2D eigenvalue weighted by Crippen LogP contribution is -2.43. The van der Waals surface area contributed by atoms with Crippen LogP contribution in [0.15, 0.2) is 41.8 Å². The van der Waals surface area contributed by atoms with Crippen molar-refractivity contribution in [1.82, 2.24) is 34.2 Å². The summed E-state index contributed by atoms with van der Waals surface area (Å²) >= 11 is 0. The molecule has 0 atom stereocenters. The lowest BCUT2D eigenvalue weighted by atomic mass is 10.2. The summed E-state index contributed by atoms with van der Waals surface area (Å²) in [5.41, 5.74) is 1.97. The summed E-state index contributed by atoms with van der Waals surface area (Å²) in [4.78, 5) is 39.6. The van der Waals surface area contributed by atoms with Crippen LogP contribution in [0, 0.1) is 0 Å². The maximum Gasteiger partial charge on any atom is 0.255 e. The van der Waals surface area contributed by atoms with Gasteiger partial charge in [-0.1, -0.05) is 6.92 Å². The van der Waals surface area contributed by atoms with Crippen LogP contribution in [0.5, 0.6) is 0 Å². The molecule has 0 saturated carbocycles. The summed E-state index contributed by atoms with van der Waals surface area (Å²) < 4.78 is 3.22. The van der Waals surface area contributed by atoms with Gasteiger partial charge in [-0.3, -0.25) is 19.1 Å². The summed E-state index contributed by atoms with van der Waals surface area (Å²) in [5.74, 6) is 0.475. The third-order valence-electron chi connectivity index (χ3n) is 4.58. The fourth-order valence-corrected chi connectivity index (χ4v) is 3.11. The van der Waals surface area contributed by atoms with Crippen LogP contribution >= 0.6 is 0 Å². The van der Waals surface area contributed by atoms with E-state index in [2.05, 4.69) is 20.1 Å². The van der Waals surface area contributed by atoms with Crippen LogP contribution in [0.3, 0.4) is 0 Å². The molecule has 1 amide bonds. The molecule has 0 unspecified atom stereocenters. The van der Waals surface area contributed by atoms with Crippen LogP contribution < -0.4 is 5.56 Å². The number of hydrogen-bond donors (Lipinski definition) is 0. The molecule has 4 heterocycles. The molecule has 9 heteroatoms. The zero-order chi connectivity index (χ0) is 18.8. The average Bonchev–Trinajstić information content (AvgIpc) is 3.20. The van der Waals surface area contributed by atoms with E-state index in [1.165, 1.54) is 12.4 Å². The highest BCUT2D eigenvalue weighted by atomic mass is 16.2. The monoisotopic (exact) mass is 365 g/mol. The number of carbonyl (C=O) groups is 1. The van der Waals surface area contributed by atoms with Gasteiger partial charge in [0.2, 0.25) is 0 Å².